The molecule has 0 fully saturated rings. The van der Waals surface area contributed by atoms with Gasteiger partial charge in [-0.05, 0) is 35.7 Å². The van der Waals surface area contributed by atoms with Crippen LogP contribution in [0.3, 0.4) is 0 Å². The molecule has 9 heteroatoms. The third-order valence-corrected chi connectivity index (χ3v) is 4.40. The van der Waals surface area contributed by atoms with E-state index in [9.17, 15) is 24.2 Å². The van der Waals surface area contributed by atoms with Crippen LogP contribution in [0.4, 0.5) is 4.39 Å². The number of aromatic nitrogens is 2. The third kappa shape index (κ3) is 4.25. The summed E-state index contributed by atoms with van der Waals surface area (Å²) in [7, 11) is 0. The largest absolute Gasteiger partial charge is 0.505 e. The number of fused-ring (bicyclic) bond motifs is 1. The summed E-state index contributed by atoms with van der Waals surface area (Å²) in [5.41, 5.74) is 0.549. The van der Waals surface area contributed by atoms with E-state index in [0.29, 0.717) is 12.0 Å². The number of amides is 1. The number of aliphatic hydroxyl groups is 2. The minimum atomic E-state index is -0.840. The Morgan fingerprint density at radius 3 is 2.52 bits per heavy atom. The van der Waals surface area contributed by atoms with E-state index in [-0.39, 0.29) is 43.2 Å². The van der Waals surface area contributed by atoms with Crippen molar-refractivity contribution in [2.24, 2.45) is 0 Å². The lowest BCUT2D eigenvalue weighted by Gasteiger charge is -2.14. The summed E-state index contributed by atoms with van der Waals surface area (Å²) < 4.78 is 14.3. The van der Waals surface area contributed by atoms with Crippen molar-refractivity contribution in [3.8, 4) is 5.75 Å². The first-order chi connectivity index (χ1) is 14.0. The van der Waals surface area contributed by atoms with E-state index < -0.39 is 22.8 Å². The summed E-state index contributed by atoms with van der Waals surface area (Å²) in [5, 5.41) is 31.0. The summed E-state index contributed by atoms with van der Waals surface area (Å²) in [6.07, 6.45) is 1.91. The van der Waals surface area contributed by atoms with Gasteiger partial charge >= 0.3 is 0 Å². The molecule has 0 unspecified atom stereocenters. The van der Waals surface area contributed by atoms with E-state index in [1.54, 1.807) is 18.2 Å². The van der Waals surface area contributed by atoms with E-state index >= 15 is 0 Å². The Balaban J connectivity index is 2.11. The van der Waals surface area contributed by atoms with Crippen LogP contribution in [0, 0.1) is 5.82 Å². The van der Waals surface area contributed by atoms with E-state index in [2.05, 4.69) is 10.3 Å². The Kier molecular flexibility index (Phi) is 6.20. The highest BCUT2D eigenvalue weighted by Gasteiger charge is 2.23. The Morgan fingerprint density at radius 1 is 1.14 bits per heavy atom. The number of hydrogen-bond donors (Lipinski definition) is 4. The molecular weight excluding hydrogens is 381 g/mol. The average Bonchev–Trinajstić information content (AvgIpc) is 2.71. The zero-order chi connectivity index (χ0) is 21.0. The van der Waals surface area contributed by atoms with Crippen LogP contribution < -0.4 is 10.9 Å². The molecule has 8 nitrogen and oxygen atoms in total. The van der Waals surface area contributed by atoms with Crippen molar-refractivity contribution in [1.82, 2.24) is 14.9 Å². The van der Waals surface area contributed by atoms with Gasteiger partial charge < -0.3 is 25.2 Å². The molecular formula is C20H20FN3O5. The van der Waals surface area contributed by atoms with Gasteiger partial charge in [-0.1, -0.05) is 12.1 Å². The van der Waals surface area contributed by atoms with Gasteiger partial charge in [-0.2, -0.15) is 0 Å². The predicted octanol–water partition coefficient (Wildman–Crippen LogP) is 0.546. The van der Waals surface area contributed by atoms with Crippen LogP contribution in [0.15, 0.2) is 41.3 Å². The van der Waals surface area contributed by atoms with Gasteiger partial charge in [0.1, 0.15) is 16.9 Å². The van der Waals surface area contributed by atoms with E-state index in [4.69, 9.17) is 5.11 Å². The molecule has 0 aliphatic heterocycles. The molecule has 0 aliphatic rings. The molecule has 0 bridgehead atoms. The molecule has 1 amide bonds. The Bertz CT molecular complexity index is 1100. The summed E-state index contributed by atoms with van der Waals surface area (Å²) in [4.78, 5) is 29.3. The molecule has 29 heavy (non-hydrogen) atoms. The van der Waals surface area contributed by atoms with Gasteiger partial charge in [-0.3, -0.25) is 14.6 Å². The maximum Gasteiger partial charge on any atom is 0.267 e. The topological polar surface area (TPSA) is 125 Å². The number of benzene rings is 1. The van der Waals surface area contributed by atoms with E-state index in [0.717, 1.165) is 5.56 Å². The Labute approximate surface area is 164 Å². The molecule has 0 spiro atoms. The highest BCUT2D eigenvalue weighted by Crippen LogP contribution is 2.26. The fourth-order valence-electron chi connectivity index (χ4n) is 3.07. The molecule has 0 aliphatic carbocycles. The lowest BCUT2D eigenvalue weighted by Crippen LogP contribution is -2.35. The van der Waals surface area contributed by atoms with Crippen LogP contribution in [0.2, 0.25) is 0 Å². The van der Waals surface area contributed by atoms with Gasteiger partial charge in [0.15, 0.2) is 5.75 Å². The van der Waals surface area contributed by atoms with Crippen molar-refractivity contribution in [2.45, 2.75) is 13.0 Å². The second kappa shape index (κ2) is 8.80. The number of aliphatic hydroxyl groups excluding tert-OH is 2. The number of nitrogens with zero attached hydrogens (tertiary/aromatic N) is 2. The number of nitrogens with one attached hydrogen (secondary N) is 1. The standard InChI is InChI=1S/C20H20FN3O5/c21-14-3-1-12(2-4-14)9-13-10-15-17(23-11-13)18(27)16(19(28)22-5-7-25)20(29)24(15)6-8-26/h1-4,10-11,25-27H,5-9H2,(H,22,28). The SMILES string of the molecule is O=C(NCCO)c1c(O)c2ncc(Cc3ccc(F)cc3)cc2n(CCO)c1=O. The average molecular weight is 401 g/mol. The normalized spacial score (nSPS) is 11.0. The van der Waals surface area contributed by atoms with Gasteiger partial charge in [0.05, 0.1) is 18.7 Å². The maximum absolute atomic E-state index is 13.1. The fraction of sp³-hybridized carbons (Fsp3) is 0.250. The maximum atomic E-state index is 13.1. The Hall–Kier alpha value is -3.30. The number of carbonyl (C=O) groups excluding carboxylic acids is 1. The molecule has 3 rings (SSSR count). The lowest BCUT2D eigenvalue weighted by atomic mass is 10.1. The quantitative estimate of drug-likeness (QED) is 0.458. The number of halogens is 1. The molecule has 4 N–H and O–H groups in total. The first-order valence-corrected chi connectivity index (χ1v) is 8.95. The fourth-order valence-corrected chi connectivity index (χ4v) is 3.07. The number of pyridine rings is 2. The second-order valence-electron chi connectivity index (χ2n) is 6.40. The lowest BCUT2D eigenvalue weighted by molar-refractivity contribution is 0.0940. The first-order valence-electron chi connectivity index (χ1n) is 8.95. The minimum absolute atomic E-state index is 0.0371. The molecule has 0 radical (unpaired) electrons. The van der Waals surface area contributed by atoms with Gasteiger partial charge in [0.25, 0.3) is 11.5 Å². The minimum Gasteiger partial charge on any atom is -0.505 e. The summed E-state index contributed by atoms with van der Waals surface area (Å²) in [6.45, 7) is -0.868. The van der Waals surface area contributed by atoms with Crippen LogP contribution in [-0.4, -0.2) is 50.5 Å². The van der Waals surface area contributed by atoms with Gasteiger partial charge in [0.2, 0.25) is 0 Å². The number of hydrogen-bond acceptors (Lipinski definition) is 6. The zero-order valence-corrected chi connectivity index (χ0v) is 15.4. The van der Waals surface area contributed by atoms with Crippen molar-refractivity contribution in [3.05, 3.63) is 69.4 Å². The first kappa shape index (κ1) is 20.4. The summed E-state index contributed by atoms with van der Waals surface area (Å²) in [5.74, 6) is -1.76. The van der Waals surface area contributed by atoms with Crippen molar-refractivity contribution < 1.29 is 24.5 Å². The molecule has 152 valence electrons. The smallest absolute Gasteiger partial charge is 0.267 e. The number of aromatic hydroxyl groups is 1. The highest BCUT2D eigenvalue weighted by atomic mass is 19.1. The van der Waals surface area contributed by atoms with Crippen molar-refractivity contribution in [1.29, 1.82) is 0 Å². The molecule has 0 atom stereocenters. The summed E-state index contributed by atoms with van der Waals surface area (Å²) >= 11 is 0. The van der Waals surface area contributed by atoms with Gasteiger partial charge in [-0.25, -0.2) is 4.39 Å². The molecule has 2 aromatic heterocycles. The third-order valence-electron chi connectivity index (χ3n) is 4.40. The van der Waals surface area contributed by atoms with Crippen molar-refractivity contribution in [3.63, 3.8) is 0 Å². The van der Waals surface area contributed by atoms with Crippen LogP contribution in [0.1, 0.15) is 21.5 Å². The molecule has 0 saturated carbocycles. The van der Waals surface area contributed by atoms with Crippen LogP contribution in [0.5, 0.6) is 5.75 Å². The van der Waals surface area contributed by atoms with Crippen LogP contribution in [-0.2, 0) is 13.0 Å². The van der Waals surface area contributed by atoms with Crippen molar-refractivity contribution >= 4 is 16.9 Å². The van der Waals surface area contributed by atoms with E-state index in [1.165, 1.54) is 22.9 Å². The van der Waals surface area contributed by atoms with Crippen molar-refractivity contribution in [2.75, 3.05) is 19.8 Å². The number of rotatable bonds is 7. The van der Waals surface area contributed by atoms with Gasteiger partial charge in [0, 0.05) is 19.3 Å². The molecule has 3 aromatic rings. The number of carbonyl (C=O) groups is 1. The van der Waals surface area contributed by atoms with Gasteiger partial charge in [-0.15, -0.1) is 0 Å². The van der Waals surface area contributed by atoms with Crippen LogP contribution >= 0.6 is 0 Å². The van der Waals surface area contributed by atoms with E-state index in [1.807, 2.05) is 0 Å². The molecule has 0 saturated heterocycles. The second-order valence-corrected chi connectivity index (χ2v) is 6.40. The summed E-state index contributed by atoms with van der Waals surface area (Å²) in [6, 6.07) is 7.58. The zero-order valence-electron chi connectivity index (χ0n) is 15.4. The molecule has 2 heterocycles. The Morgan fingerprint density at radius 2 is 1.86 bits per heavy atom. The highest BCUT2D eigenvalue weighted by molar-refractivity contribution is 6.01. The monoisotopic (exact) mass is 401 g/mol. The predicted molar refractivity (Wildman–Crippen MR) is 103 cm³/mol. The molecule has 1 aromatic carbocycles. The van der Waals surface area contributed by atoms with Crippen LogP contribution in [0.25, 0.3) is 11.0 Å².